The molecule has 69 heavy (non-hydrogen) atoms. The van der Waals surface area contributed by atoms with Crippen LogP contribution in [0, 0.1) is 0 Å². The molecule has 3 heteroatoms. The molecule has 0 bridgehead atoms. The fourth-order valence-electron chi connectivity index (χ4n) is 11.3. The highest BCUT2D eigenvalue weighted by Gasteiger charge is 2.44. The van der Waals surface area contributed by atoms with Crippen LogP contribution in [0.1, 0.15) is 132 Å². The average Bonchev–Trinajstić information content (AvgIpc) is 3.63. The van der Waals surface area contributed by atoms with E-state index in [1.807, 2.05) is 0 Å². The summed E-state index contributed by atoms with van der Waals surface area (Å²) < 4.78 is 2.75. The van der Waals surface area contributed by atoms with E-state index in [1.165, 1.54) is 122 Å². The van der Waals surface area contributed by atoms with E-state index >= 15 is 0 Å². The number of nitrogens with zero attached hydrogens (tertiary/aromatic N) is 2. The van der Waals surface area contributed by atoms with Crippen molar-refractivity contribution in [3.8, 4) is 33.4 Å². The van der Waals surface area contributed by atoms with Crippen LogP contribution < -0.4 is 15.8 Å². The lowest BCUT2D eigenvalue weighted by Gasteiger charge is -2.42. The maximum atomic E-state index is 2.75. The van der Waals surface area contributed by atoms with Gasteiger partial charge in [-0.1, -0.05) is 201 Å². The van der Waals surface area contributed by atoms with Gasteiger partial charge in [-0.15, -0.1) is 0 Å². The molecule has 0 spiro atoms. The highest BCUT2D eigenvalue weighted by Crippen LogP contribution is 2.50. The Morgan fingerprint density at radius 1 is 0.362 bits per heavy atom. The van der Waals surface area contributed by atoms with Crippen LogP contribution in [0.2, 0.25) is 0 Å². The zero-order valence-electron chi connectivity index (χ0n) is 43.8. The average molecular weight is 901 g/mol. The number of aromatic nitrogens is 1. The summed E-state index contributed by atoms with van der Waals surface area (Å²) in [7, 11) is 0. The van der Waals surface area contributed by atoms with Gasteiger partial charge in [0.15, 0.2) is 0 Å². The Bertz CT molecular complexity index is 3530. The summed E-state index contributed by atoms with van der Waals surface area (Å²) in [6, 6.07) is 57.4. The Labute approximate surface area is 412 Å². The van der Waals surface area contributed by atoms with Gasteiger partial charge in [0.05, 0.1) is 0 Å². The van der Waals surface area contributed by atoms with Gasteiger partial charge in [0.2, 0.25) is 0 Å². The van der Waals surface area contributed by atoms with Crippen LogP contribution in [0.3, 0.4) is 0 Å². The molecule has 2 aliphatic rings. The molecule has 0 radical (unpaired) electrons. The van der Waals surface area contributed by atoms with Crippen molar-refractivity contribution in [1.82, 2.24) is 4.48 Å². The van der Waals surface area contributed by atoms with Crippen molar-refractivity contribution in [2.24, 2.45) is 0 Å². The minimum absolute atomic E-state index is 0.0352. The highest BCUT2D eigenvalue weighted by atomic mass is 15.2. The van der Waals surface area contributed by atoms with Crippen molar-refractivity contribution in [1.29, 1.82) is 0 Å². The van der Waals surface area contributed by atoms with Crippen molar-refractivity contribution in [3.05, 3.63) is 173 Å². The van der Waals surface area contributed by atoms with Gasteiger partial charge in [-0.05, 0) is 153 Å². The molecule has 0 N–H and O–H groups in total. The van der Waals surface area contributed by atoms with Crippen LogP contribution in [-0.2, 0) is 27.1 Å². The maximum Gasteiger partial charge on any atom is 0.333 e. The van der Waals surface area contributed by atoms with E-state index in [2.05, 4.69) is 259 Å². The van der Waals surface area contributed by atoms with Gasteiger partial charge in [0, 0.05) is 44.4 Å². The SMILES string of the molecule is CC(C)(C)c1ccc(-c2ccc3c(ccc4c3c3cc(-c5ccc(C(C)(C)C)cc5)cc5c3n4B3c4cc(C(C)(C)C)ccc4N(c4ccc(C(C)(C)C)cc4)c4cc(C(C)(C)C)cc-5c43)c2)cc1. The Hall–Kier alpha value is -6.32. The van der Waals surface area contributed by atoms with Crippen molar-refractivity contribution in [2.75, 3.05) is 4.90 Å². The molecule has 0 saturated heterocycles. The van der Waals surface area contributed by atoms with Crippen molar-refractivity contribution >= 4 is 67.4 Å². The quantitative estimate of drug-likeness (QED) is 0.160. The van der Waals surface area contributed by atoms with Gasteiger partial charge < -0.3 is 9.38 Å². The van der Waals surface area contributed by atoms with Crippen LogP contribution in [0.25, 0.3) is 66.0 Å². The number of anilines is 3. The maximum absolute atomic E-state index is 2.75. The summed E-state index contributed by atoms with van der Waals surface area (Å²) in [6.45, 7) is 34.8. The number of hydrogen-bond donors (Lipinski definition) is 0. The molecule has 9 aromatic rings. The molecule has 2 aliphatic heterocycles. The lowest BCUT2D eigenvalue weighted by molar-refractivity contribution is 0.589. The molecular weight excluding hydrogens is 832 g/mol. The molecule has 346 valence electrons. The second-order valence-electron chi connectivity index (χ2n) is 25.6. The van der Waals surface area contributed by atoms with E-state index in [4.69, 9.17) is 0 Å². The second-order valence-corrected chi connectivity index (χ2v) is 25.6. The highest BCUT2D eigenvalue weighted by molar-refractivity contribution is 6.90. The lowest BCUT2D eigenvalue weighted by Crippen LogP contribution is -2.57. The van der Waals surface area contributed by atoms with Gasteiger partial charge in [0.1, 0.15) is 0 Å². The molecule has 2 nitrogen and oxygen atoms in total. The number of rotatable bonds is 3. The van der Waals surface area contributed by atoms with Gasteiger partial charge in [0.25, 0.3) is 0 Å². The van der Waals surface area contributed by atoms with Gasteiger partial charge >= 0.3 is 6.85 Å². The first-order chi connectivity index (χ1) is 32.4. The normalized spacial score (nSPS) is 14.0. The Balaban J connectivity index is 1.25. The third-order valence-electron chi connectivity index (χ3n) is 15.6. The van der Waals surface area contributed by atoms with Crippen LogP contribution in [0.4, 0.5) is 17.1 Å². The van der Waals surface area contributed by atoms with E-state index in [-0.39, 0.29) is 33.9 Å². The predicted molar refractivity (Wildman–Crippen MR) is 302 cm³/mol. The summed E-state index contributed by atoms with van der Waals surface area (Å²) in [4.78, 5) is 2.59. The van der Waals surface area contributed by atoms with Gasteiger partial charge in [-0.3, -0.25) is 0 Å². The molecular formula is C66H69BN2. The van der Waals surface area contributed by atoms with Crippen LogP contribution in [0.5, 0.6) is 0 Å². The molecule has 0 saturated carbocycles. The molecule has 11 rings (SSSR count). The number of hydrogen-bond acceptors (Lipinski definition) is 1. The molecule has 0 unspecified atom stereocenters. The fraction of sp³-hybridized carbons (Fsp3) is 0.303. The minimum atomic E-state index is -0.0935. The standard InChI is InChI=1S/C66H69BN2/c1-62(2,3)45-22-16-40(17-23-45)42-20-31-51-43(34-42)21-32-57-59(51)54-36-44(41-18-24-46(25-19-41)63(4,5)6)35-53-52-37-49(66(13,14)15)39-58-60(52)67(69(57)61(53)54)55-38-48(65(10,11)12)28-33-56(55)68(58)50-29-26-47(27-30-50)64(7,8)9/h16-39H,1-15H3. The molecule has 8 aromatic carbocycles. The van der Waals surface area contributed by atoms with E-state index in [0.29, 0.717) is 0 Å². The van der Waals surface area contributed by atoms with E-state index in [1.54, 1.807) is 0 Å². The molecule has 0 atom stereocenters. The van der Waals surface area contributed by atoms with Crippen LogP contribution >= 0.6 is 0 Å². The first-order valence-electron chi connectivity index (χ1n) is 25.4. The first kappa shape index (κ1) is 45.1. The monoisotopic (exact) mass is 901 g/mol. The Morgan fingerprint density at radius 2 is 0.884 bits per heavy atom. The molecule has 1 aromatic heterocycles. The summed E-state index contributed by atoms with van der Waals surface area (Å²) in [5.41, 5.74) is 23.5. The van der Waals surface area contributed by atoms with Crippen molar-refractivity contribution < 1.29 is 0 Å². The number of fused-ring (bicyclic) bond motifs is 9. The topological polar surface area (TPSA) is 8.17 Å². The molecule has 3 heterocycles. The summed E-state index contributed by atoms with van der Waals surface area (Å²) in [6.07, 6.45) is 0. The summed E-state index contributed by atoms with van der Waals surface area (Å²) >= 11 is 0. The molecule has 0 fully saturated rings. The third-order valence-corrected chi connectivity index (χ3v) is 15.6. The smallest absolute Gasteiger partial charge is 0.333 e. The first-order valence-corrected chi connectivity index (χ1v) is 25.4. The fourth-order valence-corrected chi connectivity index (χ4v) is 11.3. The zero-order chi connectivity index (χ0) is 48.9. The number of benzene rings is 8. The molecule has 0 aliphatic carbocycles. The molecule has 0 amide bonds. The van der Waals surface area contributed by atoms with Crippen LogP contribution in [-0.4, -0.2) is 11.3 Å². The lowest BCUT2D eigenvalue weighted by atomic mass is 9.44. The van der Waals surface area contributed by atoms with Gasteiger partial charge in [-0.25, -0.2) is 0 Å². The Morgan fingerprint density at radius 3 is 1.45 bits per heavy atom. The van der Waals surface area contributed by atoms with Crippen molar-refractivity contribution in [3.63, 3.8) is 0 Å². The largest absolute Gasteiger partial charge is 0.375 e. The predicted octanol–water partition coefficient (Wildman–Crippen LogP) is 17.2. The minimum Gasteiger partial charge on any atom is -0.375 e. The zero-order valence-corrected chi connectivity index (χ0v) is 43.8. The summed E-state index contributed by atoms with van der Waals surface area (Å²) in [5.74, 6) is 0. The van der Waals surface area contributed by atoms with Crippen LogP contribution in [0.15, 0.2) is 146 Å². The van der Waals surface area contributed by atoms with Crippen molar-refractivity contribution in [2.45, 2.75) is 131 Å². The second kappa shape index (κ2) is 15.1. The van der Waals surface area contributed by atoms with E-state index in [9.17, 15) is 0 Å². The van der Waals surface area contributed by atoms with E-state index < -0.39 is 0 Å². The van der Waals surface area contributed by atoms with E-state index in [0.717, 1.165) is 0 Å². The van der Waals surface area contributed by atoms with Gasteiger partial charge in [-0.2, -0.15) is 0 Å². The Kier molecular flexibility index (Phi) is 9.88. The summed E-state index contributed by atoms with van der Waals surface area (Å²) in [5, 5.41) is 5.19. The third kappa shape index (κ3) is 7.37.